The van der Waals surface area contributed by atoms with Crippen LogP contribution in [-0.2, 0) is 32.7 Å². The molecule has 0 saturated carbocycles. The highest BCUT2D eigenvalue weighted by Crippen LogP contribution is 2.25. The summed E-state index contributed by atoms with van der Waals surface area (Å²) in [7, 11) is -2.33. The van der Waals surface area contributed by atoms with Crippen LogP contribution < -0.4 is 4.74 Å². The van der Waals surface area contributed by atoms with Gasteiger partial charge in [-0.15, -0.1) is 5.10 Å². The average molecular weight is 572 g/mol. The summed E-state index contributed by atoms with van der Waals surface area (Å²) in [4.78, 5) is 14.8. The van der Waals surface area contributed by atoms with Crippen molar-refractivity contribution in [1.82, 2.24) is 24.2 Å². The highest BCUT2D eigenvalue weighted by atomic mass is 32.2. The number of aromatic nitrogens is 3. The predicted molar refractivity (Wildman–Crippen MR) is 148 cm³/mol. The van der Waals surface area contributed by atoms with Crippen molar-refractivity contribution in [3.63, 3.8) is 0 Å². The van der Waals surface area contributed by atoms with E-state index in [1.807, 2.05) is 37.3 Å². The Hall–Kier alpha value is -3.32. The molecule has 1 aliphatic rings. The third-order valence-corrected chi connectivity index (χ3v) is 8.93. The molecule has 216 valence electrons. The first-order chi connectivity index (χ1) is 19.2. The molecule has 3 aromatic rings. The van der Waals surface area contributed by atoms with E-state index in [4.69, 9.17) is 9.47 Å². The van der Waals surface area contributed by atoms with Crippen molar-refractivity contribution in [3.05, 3.63) is 66.5 Å². The normalized spacial score (nSPS) is 19.9. The van der Waals surface area contributed by atoms with Crippen LogP contribution in [0, 0.1) is 5.92 Å². The Morgan fingerprint density at radius 2 is 1.85 bits per heavy atom. The molecule has 1 aromatic heterocycles. The molecule has 1 aliphatic heterocycles. The summed E-state index contributed by atoms with van der Waals surface area (Å²) in [5, 5.41) is 17.9. The fourth-order valence-corrected chi connectivity index (χ4v) is 5.76. The van der Waals surface area contributed by atoms with Crippen molar-refractivity contribution in [2.75, 3.05) is 26.7 Å². The molecule has 40 heavy (non-hydrogen) atoms. The van der Waals surface area contributed by atoms with E-state index in [1.54, 1.807) is 34.8 Å². The van der Waals surface area contributed by atoms with Gasteiger partial charge >= 0.3 is 0 Å². The Kier molecular flexibility index (Phi) is 9.90. The molecule has 11 nitrogen and oxygen atoms in total. The smallest absolute Gasteiger partial charge is 0.242 e. The second-order valence-corrected chi connectivity index (χ2v) is 12.2. The van der Waals surface area contributed by atoms with Gasteiger partial charge in [0, 0.05) is 39.0 Å². The molecular formula is C28H37N5O6S. The maximum absolute atomic E-state index is 13.5. The fraction of sp³-hybridized carbons (Fsp3) is 0.464. The monoisotopic (exact) mass is 571 g/mol. The van der Waals surface area contributed by atoms with Gasteiger partial charge in [0.25, 0.3) is 0 Å². The van der Waals surface area contributed by atoms with E-state index in [-0.39, 0.29) is 42.5 Å². The Bertz CT molecular complexity index is 1350. The van der Waals surface area contributed by atoms with Gasteiger partial charge in [-0.2, -0.15) is 4.31 Å². The number of benzene rings is 2. The summed E-state index contributed by atoms with van der Waals surface area (Å²) in [6.45, 7) is 4.63. The van der Waals surface area contributed by atoms with Crippen LogP contribution >= 0.6 is 0 Å². The zero-order valence-electron chi connectivity index (χ0n) is 23.1. The minimum atomic E-state index is -3.85. The summed E-state index contributed by atoms with van der Waals surface area (Å²) < 4.78 is 42.0. The second kappa shape index (κ2) is 13.4. The first kappa shape index (κ1) is 29.7. The molecule has 0 aliphatic carbocycles. The zero-order chi connectivity index (χ0) is 28.7. The standard InChI is InChI=1S/C28H37N5O6S/c1-21-17-32(22(2)19-34)28(35)10-7-15-33-23(16-29-30-33)20-38-27(21)18-31(3)40(36,37)26-13-11-25(12-14-26)39-24-8-5-4-6-9-24/h4-6,8-9,11-14,16,21-22,27,34H,7,10,15,17-20H2,1-3H3/t21-,22-,27-/m0/s1. The number of ether oxygens (including phenoxy) is 2. The number of carbonyl (C=O) groups is 1. The maximum Gasteiger partial charge on any atom is 0.242 e. The molecule has 0 unspecified atom stereocenters. The lowest BCUT2D eigenvalue weighted by Crippen LogP contribution is -2.47. The van der Waals surface area contributed by atoms with Gasteiger partial charge in [-0.3, -0.25) is 4.79 Å². The number of fused-ring (bicyclic) bond motifs is 1. The van der Waals surface area contributed by atoms with E-state index < -0.39 is 16.1 Å². The van der Waals surface area contributed by atoms with Gasteiger partial charge in [0.1, 0.15) is 11.5 Å². The van der Waals surface area contributed by atoms with Gasteiger partial charge in [0.2, 0.25) is 15.9 Å². The van der Waals surface area contributed by atoms with Gasteiger partial charge in [-0.25, -0.2) is 13.1 Å². The summed E-state index contributed by atoms with van der Waals surface area (Å²) >= 11 is 0. The lowest BCUT2D eigenvalue weighted by atomic mass is 10.0. The molecule has 2 aromatic carbocycles. The van der Waals surface area contributed by atoms with Gasteiger partial charge in [0.15, 0.2) is 0 Å². The molecular weight excluding hydrogens is 534 g/mol. The molecule has 0 spiro atoms. The average Bonchev–Trinajstić information content (AvgIpc) is 3.40. The fourth-order valence-electron chi connectivity index (χ4n) is 4.58. The van der Waals surface area contributed by atoms with Crippen molar-refractivity contribution in [2.45, 2.75) is 56.9 Å². The number of carbonyl (C=O) groups excluding carboxylic acids is 1. The van der Waals surface area contributed by atoms with Crippen molar-refractivity contribution in [2.24, 2.45) is 5.92 Å². The summed E-state index contributed by atoms with van der Waals surface area (Å²) in [6.07, 6.45) is 1.96. The van der Waals surface area contributed by atoms with Crippen LogP contribution in [0.25, 0.3) is 0 Å². The van der Waals surface area contributed by atoms with Crippen molar-refractivity contribution in [3.8, 4) is 11.5 Å². The molecule has 0 radical (unpaired) electrons. The number of aliphatic hydroxyl groups excluding tert-OH is 1. The molecule has 1 N–H and O–H groups in total. The topological polar surface area (TPSA) is 127 Å². The zero-order valence-corrected chi connectivity index (χ0v) is 23.9. The first-order valence-corrected chi connectivity index (χ1v) is 14.8. The molecule has 0 bridgehead atoms. The van der Waals surface area contributed by atoms with Gasteiger partial charge in [-0.05, 0) is 49.7 Å². The maximum atomic E-state index is 13.5. The van der Waals surface area contributed by atoms with E-state index in [9.17, 15) is 18.3 Å². The number of hydrogen-bond donors (Lipinski definition) is 1. The summed E-state index contributed by atoms with van der Waals surface area (Å²) in [6, 6.07) is 15.2. The highest BCUT2D eigenvalue weighted by molar-refractivity contribution is 7.89. The molecule has 3 atom stereocenters. The quantitative estimate of drug-likeness (QED) is 0.437. The largest absolute Gasteiger partial charge is 0.457 e. The number of amides is 1. The Balaban J connectivity index is 1.52. The highest BCUT2D eigenvalue weighted by Gasteiger charge is 2.31. The van der Waals surface area contributed by atoms with Gasteiger partial charge < -0.3 is 19.5 Å². The number of likely N-dealkylation sites (N-methyl/N-ethyl adjacent to an activating group) is 1. The second-order valence-electron chi connectivity index (χ2n) is 10.1. The summed E-state index contributed by atoms with van der Waals surface area (Å²) in [5.41, 5.74) is 0.755. The molecule has 4 rings (SSSR count). The van der Waals surface area contributed by atoms with Crippen molar-refractivity contribution in [1.29, 1.82) is 0 Å². The van der Waals surface area contributed by atoms with E-state index in [0.717, 1.165) is 5.69 Å². The Morgan fingerprint density at radius 3 is 2.55 bits per heavy atom. The van der Waals surface area contributed by atoms with E-state index >= 15 is 0 Å². The minimum Gasteiger partial charge on any atom is -0.457 e. The van der Waals surface area contributed by atoms with Crippen molar-refractivity contribution < 1.29 is 27.8 Å². The van der Waals surface area contributed by atoms with Gasteiger partial charge in [-0.1, -0.05) is 30.3 Å². The van der Waals surface area contributed by atoms with Gasteiger partial charge in [0.05, 0.1) is 42.1 Å². The predicted octanol–water partition coefficient (Wildman–Crippen LogP) is 2.92. The molecule has 12 heteroatoms. The Labute approximate surface area is 235 Å². The van der Waals surface area contributed by atoms with E-state index in [0.29, 0.717) is 37.4 Å². The van der Waals surface area contributed by atoms with Crippen LogP contribution in [0.4, 0.5) is 0 Å². The number of para-hydroxylation sites is 1. The Morgan fingerprint density at radius 1 is 1.15 bits per heavy atom. The van der Waals surface area contributed by atoms with E-state index in [1.165, 1.54) is 23.5 Å². The minimum absolute atomic E-state index is 0.0584. The number of aryl methyl sites for hydroxylation is 1. The van der Waals surface area contributed by atoms with Crippen LogP contribution in [0.5, 0.6) is 11.5 Å². The lowest BCUT2D eigenvalue weighted by molar-refractivity contribution is -0.136. The molecule has 1 amide bonds. The van der Waals surface area contributed by atoms with Crippen molar-refractivity contribution >= 4 is 15.9 Å². The lowest BCUT2D eigenvalue weighted by Gasteiger charge is -2.35. The number of aliphatic hydroxyl groups is 1. The van der Waals surface area contributed by atoms with Crippen LogP contribution in [0.2, 0.25) is 0 Å². The molecule has 2 heterocycles. The first-order valence-electron chi connectivity index (χ1n) is 13.4. The number of nitrogens with zero attached hydrogens (tertiary/aromatic N) is 5. The third kappa shape index (κ3) is 7.25. The third-order valence-electron chi connectivity index (χ3n) is 7.09. The van der Waals surface area contributed by atoms with E-state index in [2.05, 4.69) is 10.3 Å². The number of rotatable bonds is 8. The van der Waals surface area contributed by atoms with Crippen LogP contribution in [-0.4, -0.2) is 82.5 Å². The van der Waals surface area contributed by atoms with Crippen LogP contribution in [0.15, 0.2) is 65.7 Å². The SMILES string of the molecule is C[C@H]1CN([C@@H](C)CO)C(=O)CCCn2nncc2CO[C@H]1CN(C)S(=O)(=O)c1ccc(Oc2ccccc2)cc1. The van der Waals surface area contributed by atoms with Crippen LogP contribution in [0.3, 0.4) is 0 Å². The number of hydrogen-bond acceptors (Lipinski definition) is 8. The molecule has 0 saturated heterocycles. The summed E-state index contributed by atoms with van der Waals surface area (Å²) in [5.74, 6) is 0.870. The van der Waals surface area contributed by atoms with Crippen LogP contribution in [0.1, 0.15) is 32.4 Å². The molecule has 0 fully saturated rings. The number of sulfonamides is 1.